The van der Waals surface area contributed by atoms with Crippen LogP contribution in [0.5, 0.6) is 34.5 Å². The number of alkyl halides is 6. The zero-order valence-electron chi connectivity index (χ0n) is 39.9. The molecule has 8 aromatic carbocycles. The van der Waals surface area contributed by atoms with Gasteiger partial charge in [-0.15, -0.1) is 0 Å². The van der Waals surface area contributed by atoms with Gasteiger partial charge in [0.05, 0.1) is 35.1 Å². The summed E-state index contributed by atoms with van der Waals surface area (Å²) in [7, 11) is -0.672. The molecule has 397 valence electrons. The van der Waals surface area contributed by atoms with Crippen LogP contribution in [-0.4, -0.2) is 42.3 Å². The van der Waals surface area contributed by atoms with Crippen molar-refractivity contribution in [3.63, 3.8) is 0 Å². The van der Waals surface area contributed by atoms with Crippen molar-refractivity contribution in [3.05, 3.63) is 202 Å². The van der Waals surface area contributed by atoms with Gasteiger partial charge in [0, 0.05) is 0 Å². The summed E-state index contributed by atoms with van der Waals surface area (Å²) in [6.07, 6.45) is -12.1. The van der Waals surface area contributed by atoms with Crippen molar-refractivity contribution >= 4 is 28.0 Å². The van der Waals surface area contributed by atoms with Gasteiger partial charge in [-0.25, -0.2) is 34.8 Å². The fourth-order valence-corrected chi connectivity index (χ4v) is 9.90. The van der Waals surface area contributed by atoms with E-state index in [1.54, 1.807) is 44.2 Å². The van der Waals surface area contributed by atoms with Crippen molar-refractivity contribution in [1.82, 2.24) is 0 Å². The standard InChI is InChI=1S/C55H34BF14O6S/c1-27-25-37(21-23-39(27)74-4)77(71,72)38-22-24-40(28(2)26-38)75-35-15-7-30(8-16-35)29-5-13-33(14-6-29)56-43-48(61)44(57)41(45(58)49(43)62)42-46(59)50(63)52(51(64)47(42)60)76-36-19-11-32(12-20-36)53(54(65,66)67,55(68,69)70)31-9-17-34(73-3)18-10-31/h5-26H,1-4H3. The number of methoxy groups -OCH3 is 2. The first-order valence-corrected chi connectivity index (χ1v) is 23.8. The van der Waals surface area contributed by atoms with Crippen LogP contribution >= 0.6 is 0 Å². The number of halogens is 14. The van der Waals surface area contributed by atoms with Crippen LogP contribution in [0.4, 0.5) is 61.5 Å². The van der Waals surface area contributed by atoms with Gasteiger partial charge in [0.2, 0.25) is 32.6 Å². The quantitative estimate of drug-likeness (QED) is 0.0614. The predicted molar refractivity (Wildman–Crippen MR) is 255 cm³/mol. The molecule has 0 N–H and O–H groups in total. The second-order valence-electron chi connectivity index (χ2n) is 17.1. The van der Waals surface area contributed by atoms with E-state index in [1.165, 1.54) is 61.7 Å². The van der Waals surface area contributed by atoms with Gasteiger partial charge in [-0.05, 0) is 125 Å². The fraction of sp³-hybridized carbons (Fsp3) is 0.127. The lowest BCUT2D eigenvalue weighted by Crippen LogP contribution is -2.54. The average molecular weight is 1100 g/mol. The number of aryl methyl sites for hydroxylation is 2. The SMILES string of the molecule is COc1ccc(C(c2ccc(Oc3c(F)c(F)c(-c4c(F)c(F)c([B]c5ccc(-c6ccc(Oc7ccc(S(=O)(=O)c8ccc(OC)c(C)c8)cc7C)cc6)cc5)c(F)c4F)c(F)c3F)cc2)(C(F)(F)F)C(F)(F)F)cc1. The first-order chi connectivity index (χ1) is 36.2. The van der Waals surface area contributed by atoms with E-state index >= 15 is 35.1 Å². The second kappa shape index (κ2) is 20.8. The third-order valence-corrected chi connectivity index (χ3v) is 14.2. The van der Waals surface area contributed by atoms with Gasteiger partial charge in [0.25, 0.3) is 0 Å². The molecule has 0 bridgehead atoms. The molecule has 0 heterocycles. The Balaban J connectivity index is 0.992. The Morgan fingerprint density at radius 3 is 1.23 bits per heavy atom. The summed E-state index contributed by atoms with van der Waals surface area (Å²) in [4.78, 5) is 0.121. The van der Waals surface area contributed by atoms with Gasteiger partial charge in [-0.3, -0.25) is 0 Å². The van der Waals surface area contributed by atoms with E-state index in [0.717, 1.165) is 19.2 Å². The van der Waals surface area contributed by atoms with Crippen LogP contribution in [0.15, 0.2) is 143 Å². The highest BCUT2D eigenvalue weighted by atomic mass is 32.2. The Hall–Kier alpha value is -8.01. The molecule has 8 aromatic rings. The Labute approximate surface area is 430 Å². The molecular formula is C55H34BF14O6S. The van der Waals surface area contributed by atoms with Crippen LogP contribution in [0.25, 0.3) is 22.3 Å². The van der Waals surface area contributed by atoms with E-state index in [0.29, 0.717) is 71.0 Å². The van der Waals surface area contributed by atoms with Gasteiger partial charge in [0.15, 0.2) is 42.2 Å². The topological polar surface area (TPSA) is 71.1 Å². The minimum absolute atomic E-state index is 0.0409. The van der Waals surface area contributed by atoms with Gasteiger partial charge in [-0.1, -0.05) is 66.1 Å². The zero-order valence-corrected chi connectivity index (χ0v) is 40.7. The molecule has 22 heteroatoms. The molecule has 0 saturated heterocycles. The van der Waals surface area contributed by atoms with Gasteiger partial charge in [0.1, 0.15) is 28.7 Å². The Kier molecular flexibility index (Phi) is 15.0. The lowest BCUT2D eigenvalue weighted by atomic mass is 9.63. The highest BCUT2D eigenvalue weighted by molar-refractivity contribution is 7.91. The molecule has 0 saturated carbocycles. The number of sulfone groups is 1. The molecule has 0 fully saturated rings. The molecule has 8 rings (SSSR count). The summed E-state index contributed by atoms with van der Waals surface area (Å²) < 4.78 is 260. The Morgan fingerprint density at radius 2 is 0.818 bits per heavy atom. The Bertz CT molecular complexity index is 3590. The van der Waals surface area contributed by atoms with Crippen LogP contribution in [0.3, 0.4) is 0 Å². The smallest absolute Gasteiger partial charge is 0.411 e. The van der Waals surface area contributed by atoms with Crippen molar-refractivity contribution < 1.29 is 88.8 Å². The largest absolute Gasteiger partial charge is 0.497 e. The summed E-state index contributed by atoms with van der Waals surface area (Å²) in [5, 5.41) is 0. The molecule has 0 amide bonds. The lowest BCUT2D eigenvalue weighted by molar-refractivity contribution is -0.288. The minimum atomic E-state index is -6.07. The van der Waals surface area contributed by atoms with Crippen molar-refractivity contribution in [3.8, 4) is 56.8 Å². The number of hydrogen-bond acceptors (Lipinski definition) is 6. The van der Waals surface area contributed by atoms with E-state index in [-0.39, 0.29) is 33.1 Å². The molecule has 0 aliphatic rings. The molecule has 0 aromatic heterocycles. The molecule has 0 spiro atoms. The third-order valence-electron chi connectivity index (χ3n) is 12.4. The monoisotopic (exact) mass is 1100 g/mol. The first-order valence-electron chi connectivity index (χ1n) is 22.3. The fourth-order valence-electron chi connectivity index (χ4n) is 8.47. The molecule has 0 unspecified atom stereocenters. The predicted octanol–water partition coefficient (Wildman–Crippen LogP) is 14.3. The maximum absolute atomic E-state index is 15.6. The molecule has 77 heavy (non-hydrogen) atoms. The van der Waals surface area contributed by atoms with Crippen LogP contribution in [-0.2, 0) is 15.3 Å². The number of ether oxygens (including phenoxy) is 4. The number of hydrogen-bond donors (Lipinski definition) is 0. The normalized spacial score (nSPS) is 12.1. The van der Waals surface area contributed by atoms with Crippen LogP contribution in [0, 0.1) is 60.4 Å². The lowest BCUT2D eigenvalue weighted by Gasteiger charge is -2.38. The van der Waals surface area contributed by atoms with Crippen molar-refractivity contribution in [2.24, 2.45) is 0 Å². The second-order valence-corrected chi connectivity index (χ2v) is 19.0. The average Bonchev–Trinajstić information content (AvgIpc) is 3.47. The maximum Gasteiger partial charge on any atom is 0.411 e. The summed E-state index contributed by atoms with van der Waals surface area (Å²) in [6.45, 7) is 3.39. The van der Waals surface area contributed by atoms with Crippen LogP contribution in [0.2, 0.25) is 0 Å². The number of rotatable bonds is 14. The molecule has 0 aliphatic heterocycles. The first kappa shape index (κ1) is 55.2. The van der Waals surface area contributed by atoms with Gasteiger partial charge < -0.3 is 18.9 Å². The molecule has 0 aliphatic carbocycles. The van der Waals surface area contributed by atoms with Gasteiger partial charge in [-0.2, -0.15) is 35.1 Å². The van der Waals surface area contributed by atoms with E-state index in [1.807, 2.05) is 0 Å². The van der Waals surface area contributed by atoms with E-state index in [2.05, 4.69) is 0 Å². The zero-order chi connectivity index (χ0) is 56.1. The highest BCUT2D eigenvalue weighted by Gasteiger charge is 2.72. The Morgan fingerprint density at radius 1 is 0.429 bits per heavy atom. The summed E-state index contributed by atoms with van der Waals surface area (Å²) >= 11 is 0. The van der Waals surface area contributed by atoms with Gasteiger partial charge >= 0.3 is 12.4 Å². The molecular weight excluding hydrogens is 1070 g/mol. The van der Waals surface area contributed by atoms with Crippen molar-refractivity contribution in [1.29, 1.82) is 0 Å². The third kappa shape index (κ3) is 10.0. The van der Waals surface area contributed by atoms with Crippen molar-refractivity contribution in [2.75, 3.05) is 14.2 Å². The number of benzene rings is 8. The molecule has 0 atom stereocenters. The molecule has 1 radical (unpaired) electrons. The summed E-state index contributed by atoms with van der Waals surface area (Å²) in [5.74, 6) is -21.8. The van der Waals surface area contributed by atoms with Crippen LogP contribution in [0.1, 0.15) is 22.3 Å². The summed E-state index contributed by atoms with van der Waals surface area (Å²) in [5.41, 5.74) is -11.2. The highest BCUT2D eigenvalue weighted by Crippen LogP contribution is 2.56. The van der Waals surface area contributed by atoms with Crippen molar-refractivity contribution in [2.45, 2.75) is 41.4 Å². The minimum Gasteiger partial charge on any atom is -0.497 e. The van der Waals surface area contributed by atoms with E-state index < -0.39 is 113 Å². The van der Waals surface area contributed by atoms with Crippen LogP contribution < -0.4 is 29.9 Å². The maximum atomic E-state index is 15.6. The summed E-state index contributed by atoms with van der Waals surface area (Å²) in [6, 6.07) is 24.7. The molecule has 6 nitrogen and oxygen atoms in total. The van der Waals surface area contributed by atoms with E-state index in [9.17, 15) is 34.8 Å². The van der Waals surface area contributed by atoms with E-state index in [4.69, 9.17) is 18.9 Å².